The van der Waals surface area contributed by atoms with Crippen molar-refractivity contribution in [3.05, 3.63) is 64.1 Å². The number of hydrogen-bond donors (Lipinski definition) is 0. The number of hydrogen-bond acceptors (Lipinski definition) is 3. The molecule has 0 unspecified atom stereocenters. The van der Waals surface area contributed by atoms with E-state index in [1.165, 1.54) is 5.56 Å². The van der Waals surface area contributed by atoms with E-state index in [9.17, 15) is 0 Å². The minimum Gasteiger partial charge on any atom is -0.253 e. The second-order valence-corrected chi connectivity index (χ2v) is 5.13. The van der Waals surface area contributed by atoms with Gasteiger partial charge in [-0.2, -0.15) is 9.59 Å². The van der Waals surface area contributed by atoms with Gasteiger partial charge in [-0.25, -0.2) is 0 Å². The van der Waals surface area contributed by atoms with Gasteiger partial charge in [0.1, 0.15) is 0 Å². The van der Waals surface area contributed by atoms with Crippen LogP contribution in [-0.4, -0.2) is 11.9 Å². The van der Waals surface area contributed by atoms with Crippen molar-refractivity contribution < 1.29 is 9.59 Å². The molecule has 0 heterocycles. The van der Waals surface area contributed by atoms with Crippen LogP contribution in [0.2, 0.25) is 0 Å². The molecule has 0 N–H and O–H groups in total. The van der Waals surface area contributed by atoms with Crippen LogP contribution in [0.1, 0.15) is 25.0 Å². The lowest BCUT2D eigenvalue weighted by atomic mass is 10.1. The zero-order valence-electron chi connectivity index (χ0n) is 12.0. The Morgan fingerprint density at radius 2 is 1.67 bits per heavy atom. The molecule has 0 saturated carbocycles. The fraction of sp³-hybridized carbons (Fsp3) is 0.176. The van der Waals surface area contributed by atoms with E-state index in [1.807, 2.05) is 25.1 Å². The Hall–Kier alpha value is -2.03. The third-order valence-corrected chi connectivity index (χ3v) is 3.60. The number of benzene rings is 2. The van der Waals surface area contributed by atoms with Crippen LogP contribution in [0, 0.1) is 0 Å². The monoisotopic (exact) mass is 345 g/mol. The second kappa shape index (κ2) is 9.01. The Labute approximate surface area is 132 Å². The van der Waals surface area contributed by atoms with Crippen LogP contribution < -0.4 is 0 Å². The lowest BCUT2D eigenvalue weighted by Crippen LogP contribution is -1.94. The van der Waals surface area contributed by atoms with E-state index in [0.717, 1.165) is 27.9 Å². The summed E-state index contributed by atoms with van der Waals surface area (Å²) >= 11 is 3.55. The van der Waals surface area contributed by atoms with Crippen molar-refractivity contribution in [2.45, 2.75) is 20.3 Å². The Bertz CT molecular complexity index is 642. The highest BCUT2D eigenvalue weighted by molar-refractivity contribution is 9.10. The number of nitrogens with zero attached hydrogens (tertiary/aromatic N) is 1. The summed E-state index contributed by atoms with van der Waals surface area (Å²) in [5, 5.41) is 0. The Balaban J connectivity index is 0.000000677. The smallest absolute Gasteiger partial charge is 0.253 e. The molecule has 0 amide bonds. The molecule has 3 nitrogen and oxygen atoms in total. The lowest BCUT2D eigenvalue weighted by molar-refractivity contribution is -0.191. The molecule has 0 aliphatic rings. The molecule has 0 aromatic heterocycles. The van der Waals surface area contributed by atoms with E-state index in [-0.39, 0.29) is 6.15 Å². The summed E-state index contributed by atoms with van der Waals surface area (Å²) in [5.41, 5.74) is 4.50. The SMILES string of the molecule is CCc1ccc(N=C(C)c2ccccc2Br)cc1.O=C=O. The highest BCUT2D eigenvalue weighted by Gasteiger charge is 2.02. The van der Waals surface area contributed by atoms with E-state index in [1.54, 1.807) is 0 Å². The van der Waals surface area contributed by atoms with Crippen molar-refractivity contribution in [3.63, 3.8) is 0 Å². The third kappa shape index (κ3) is 5.46. The summed E-state index contributed by atoms with van der Waals surface area (Å²) in [5.74, 6) is 0. The van der Waals surface area contributed by atoms with Gasteiger partial charge in [-0.05, 0) is 37.1 Å². The first-order valence-electron chi connectivity index (χ1n) is 6.50. The molecule has 0 atom stereocenters. The van der Waals surface area contributed by atoms with Gasteiger partial charge in [0.05, 0.1) is 5.69 Å². The highest BCUT2D eigenvalue weighted by Crippen LogP contribution is 2.20. The average Bonchev–Trinajstić information content (AvgIpc) is 2.49. The molecule has 4 heteroatoms. The Kier molecular flexibility index (Phi) is 7.30. The molecular weight excluding hydrogens is 330 g/mol. The molecule has 0 spiro atoms. The zero-order chi connectivity index (χ0) is 15.7. The lowest BCUT2D eigenvalue weighted by Gasteiger charge is -2.04. The van der Waals surface area contributed by atoms with Crippen LogP contribution in [0.4, 0.5) is 5.69 Å². The molecule has 108 valence electrons. The van der Waals surface area contributed by atoms with Crippen molar-refractivity contribution in [2.24, 2.45) is 4.99 Å². The molecule has 0 radical (unpaired) electrons. The van der Waals surface area contributed by atoms with Crippen LogP contribution in [-0.2, 0) is 16.0 Å². The summed E-state index contributed by atoms with van der Waals surface area (Å²) in [4.78, 5) is 20.9. The summed E-state index contributed by atoms with van der Waals surface area (Å²) in [6, 6.07) is 16.5. The first-order chi connectivity index (χ1) is 10.1. The van der Waals surface area contributed by atoms with Crippen molar-refractivity contribution in [1.29, 1.82) is 0 Å². The molecule has 2 rings (SSSR count). The second-order valence-electron chi connectivity index (χ2n) is 4.28. The molecule has 21 heavy (non-hydrogen) atoms. The first-order valence-corrected chi connectivity index (χ1v) is 7.30. The minimum atomic E-state index is 0.250. The van der Waals surface area contributed by atoms with Crippen molar-refractivity contribution in [1.82, 2.24) is 0 Å². The van der Waals surface area contributed by atoms with Crippen LogP contribution in [0.3, 0.4) is 0 Å². The van der Waals surface area contributed by atoms with Crippen LogP contribution >= 0.6 is 15.9 Å². The van der Waals surface area contributed by atoms with E-state index < -0.39 is 0 Å². The molecule has 2 aromatic carbocycles. The highest BCUT2D eigenvalue weighted by atomic mass is 79.9. The van der Waals surface area contributed by atoms with Crippen LogP contribution in [0.25, 0.3) is 0 Å². The zero-order valence-corrected chi connectivity index (χ0v) is 13.6. The summed E-state index contributed by atoms with van der Waals surface area (Å²) < 4.78 is 1.08. The van der Waals surface area contributed by atoms with Gasteiger partial charge < -0.3 is 0 Å². The number of rotatable bonds is 3. The quantitative estimate of drug-likeness (QED) is 0.765. The molecule has 0 aliphatic carbocycles. The van der Waals surface area contributed by atoms with Gasteiger partial charge in [0.25, 0.3) is 0 Å². The molecular formula is C17H16BrNO2. The number of aliphatic imine (C=N–C) groups is 1. The minimum absolute atomic E-state index is 0.250. The molecule has 0 bridgehead atoms. The summed E-state index contributed by atoms with van der Waals surface area (Å²) in [7, 11) is 0. The number of aryl methyl sites for hydroxylation is 1. The van der Waals surface area contributed by atoms with E-state index in [2.05, 4.69) is 58.2 Å². The molecule has 0 fully saturated rings. The molecule has 0 saturated heterocycles. The standard InChI is InChI=1S/C16H16BrN.CO2/c1-3-13-8-10-14(11-9-13)18-12(2)15-6-4-5-7-16(15)17;2-1-3/h4-11H,3H2,1-2H3;. The first kappa shape index (κ1) is 17.0. The van der Waals surface area contributed by atoms with Gasteiger partial charge in [0.15, 0.2) is 0 Å². The maximum absolute atomic E-state index is 8.12. The third-order valence-electron chi connectivity index (χ3n) is 2.91. The maximum atomic E-state index is 8.12. The van der Waals surface area contributed by atoms with Gasteiger partial charge in [-0.15, -0.1) is 0 Å². The normalized spacial score (nSPS) is 10.3. The van der Waals surface area contributed by atoms with E-state index in [4.69, 9.17) is 9.59 Å². The van der Waals surface area contributed by atoms with E-state index >= 15 is 0 Å². The Morgan fingerprint density at radius 3 is 2.19 bits per heavy atom. The maximum Gasteiger partial charge on any atom is 0.373 e. The van der Waals surface area contributed by atoms with Crippen molar-refractivity contribution in [2.75, 3.05) is 0 Å². The predicted octanol–water partition coefficient (Wildman–Crippen LogP) is 4.57. The van der Waals surface area contributed by atoms with Gasteiger partial charge in [0, 0.05) is 15.7 Å². The largest absolute Gasteiger partial charge is 0.373 e. The summed E-state index contributed by atoms with van der Waals surface area (Å²) in [6.07, 6.45) is 1.31. The van der Waals surface area contributed by atoms with Gasteiger partial charge >= 0.3 is 6.15 Å². The van der Waals surface area contributed by atoms with Crippen molar-refractivity contribution >= 4 is 33.5 Å². The van der Waals surface area contributed by atoms with E-state index in [0.29, 0.717) is 0 Å². The van der Waals surface area contributed by atoms with Gasteiger partial charge in [-0.3, -0.25) is 4.99 Å². The van der Waals surface area contributed by atoms with Crippen LogP contribution in [0.15, 0.2) is 58.0 Å². The molecule has 2 aromatic rings. The topological polar surface area (TPSA) is 46.5 Å². The average molecular weight is 346 g/mol. The Morgan fingerprint density at radius 1 is 1.10 bits per heavy atom. The number of halogens is 1. The van der Waals surface area contributed by atoms with Crippen molar-refractivity contribution in [3.8, 4) is 0 Å². The number of carbonyl (C=O) groups excluding carboxylic acids is 2. The summed E-state index contributed by atoms with van der Waals surface area (Å²) in [6.45, 7) is 4.19. The van der Waals surface area contributed by atoms with Crippen LogP contribution in [0.5, 0.6) is 0 Å². The predicted molar refractivity (Wildman–Crippen MR) is 86.8 cm³/mol. The fourth-order valence-corrected chi connectivity index (χ4v) is 2.39. The molecule has 0 aliphatic heterocycles. The fourth-order valence-electron chi connectivity index (χ4n) is 1.81. The van der Waals surface area contributed by atoms with Gasteiger partial charge in [-0.1, -0.05) is 53.2 Å². The van der Waals surface area contributed by atoms with Gasteiger partial charge in [0.2, 0.25) is 0 Å².